The predicted molar refractivity (Wildman–Crippen MR) is 52.9 cm³/mol. The van der Waals surface area contributed by atoms with E-state index in [9.17, 15) is 4.79 Å². The number of hydrogen-bond acceptors (Lipinski definition) is 1. The topological polar surface area (TPSA) is 20.3 Å². The van der Waals surface area contributed by atoms with Crippen molar-refractivity contribution in [3.8, 4) is 0 Å². The van der Waals surface area contributed by atoms with E-state index in [4.69, 9.17) is 0 Å². The minimum atomic E-state index is 0.225. The molecule has 0 fully saturated rings. The number of carbonyl (C=O) groups is 1. The maximum atomic E-state index is 11.5. The second kappa shape index (κ2) is 2.87. The average molecular weight is 175 g/mol. The first-order chi connectivity index (χ1) is 6.22. The molecule has 0 N–H and O–H groups in total. The van der Waals surface area contributed by atoms with Gasteiger partial charge in [-0.2, -0.15) is 0 Å². The van der Waals surface area contributed by atoms with Crippen molar-refractivity contribution in [3.05, 3.63) is 29.3 Å². The molecule has 1 aliphatic rings. The van der Waals surface area contributed by atoms with Gasteiger partial charge in [-0.05, 0) is 31.0 Å². The number of fused-ring (bicyclic) bond motifs is 1. The molecule has 0 spiro atoms. The van der Waals surface area contributed by atoms with Crippen LogP contribution in [-0.4, -0.2) is 12.5 Å². The Kier molecular flexibility index (Phi) is 1.83. The minimum Gasteiger partial charge on any atom is -0.312 e. The van der Waals surface area contributed by atoms with E-state index < -0.39 is 0 Å². The molecule has 68 valence electrons. The molecule has 0 saturated carbocycles. The highest BCUT2D eigenvalue weighted by atomic mass is 16.2. The van der Waals surface area contributed by atoms with Gasteiger partial charge in [-0.25, -0.2) is 0 Å². The fraction of sp³-hybridized carbons (Fsp3) is 0.364. The highest BCUT2D eigenvalue weighted by Gasteiger charge is 2.25. The van der Waals surface area contributed by atoms with Crippen molar-refractivity contribution in [1.82, 2.24) is 0 Å². The normalized spacial score (nSPS) is 14.9. The molecule has 1 aromatic rings. The number of likely N-dealkylation sites (N-methyl/N-ethyl adjacent to an activating group) is 1. The largest absolute Gasteiger partial charge is 0.312 e. The lowest BCUT2D eigenvalue weighted by molar-refractivity contribution is -0.117. The summed E-state index contributed by atoms with van der Waals surface area (Å²) < 4.78 is 0. The summed E-state index contributed by atoms with van der Waals surface area (Å²) >= 11 is 0. The third-order valence-corrected chi connectivity index (χ3v) is 2.49. The van der Waals surface area contributed by atoms with Crippen LogP contribution >= 0.6 is 0 Å². The van der Waals surface area contributed by atoms with Gasteiger partial charge in [-0.3, -0.25) is 4.79 Å². The van der Waals surface area contributed by atoms with Crippen LogP contribution in [0.2, 0.25) is 0 Å². The molecule has 0 aliphatic carbocycles. The van der Waals surface area contributed by atoms with Gasteiger partial charge in [0.15, 0.2) is 0 Å². The fourth-order valence-corrected chi connectivity index (χ4v) is 1.81. The van der Waals surface area contributed by atoms with Gasteiger partial charge < -0.3 is 4.90 Å². The smallest absolute Gasteiger partial charge is 0.231 e. The number of benzene rings is 1. The van der Waals surface area contributed by atoms with E-state index in [0.717, 1.165) is 17.8 Å². The Labute approximate surface area is 78.2 Å². The molecule has 13 heavy (non-hydrogen) atoms. The Hall–Kier alpha value is -1.31. The second-order valence-corrected chi connectivity index (χ2v) is 3.45. The van der Waals surface area contributed by atoms with Crippen molar-refractivity contribution in [2.24, 2.45) is 0 Å². The molecule has 1 heterocycles. The minimum absolute atomic E-state index is 0.225. The highest BCUT2D eigenvalue weighted by molar-refractivity contribution is 6.01. The van der Waals surface area contributed by atoms with Crippen molar-refractivity contribution in [2.75, 3.05) is 11.4 Å². The van der Waals surface area contributed by atoms with E-state index in [0.29, 0.717) is 6.42 Å². The maximum Gasteiger partial charge on any atom is 0.231 e. The first kappa shape index (κ1) is 8.30. The summed E-state index contributed by atoms with van der Waals surface area (Å²) in [7, 11) is 0. The molecule has 1 aliphatic heterocycles. The van der Waals surface area contributed by atoms with Crippen LogP contribution in [0.25, 0.3) is 0 Å². The monoisotopic (exact) mass is 175 g/mol. The summed E-state index contributed by atoms with van der Waals surface area (Å²) in [6, 6.07) is 6.20. The molecule has 1 aromatic carbocycles. The summed E-state index contributed by atoms with van der Waals surface area (Å²) in [5.74, 6) is 0.225. The first-order valence-corrected chi connectivity index (χ1v) is 4.62. The quantitative estimate of drug-likeness (QED) is 0.638. The number of amides is 1. The van der Waals surface area contributed by atoms with E-state index in [1.807, 2.05) is 11.8 Å². The molecule has 2 rings (SSSR count). The zero-order valence-electron chi connectivity index (χ0n) is 8.00. The lowest BCUT2D eigenvalue weighted by Gasteiger charge is -2.14. The summed E-state index contributed by atoms with van der Waals surface area (Å²) in [4.78, 5) is 13.3. The molecule has 0 radical (unpaired) electrons. The molecular weight excluding hydrogens is 162 g/mol. The SMILES string of the molecule is CCN1C(=O)Cc2ccc(C)cc21. The van der Waals surface area contributed by atoms with Crippen molar-refractivity contribution in [1.29, 1.82) is 0 Å². The number of anilines is 1. The fourth-order valence-electron chi connectivity index (χ4n) is 1.81. The number of aryl methyl sites for hydroxylation is 1. The lowest BCUT2D eigenvalue weighted by Crippen LogP contribution is -2.25. The van der Waals surface area contributed by atoms with Crippen molar-refractivity contribution in [2.45, 2.75) is 20.3 Å². The van der Waals surface area contributed by atoms with Gasteiger partial charge in [0.2, 0.25) is 5.91 Å². The van der Waals surface area contributed by atoms with Crippen molar-refractivity contribution in [3.63, 3.8) is 0 Å². The molecular formula is C11H13NO. The van der Waals surface area contributed by atoms with Gasteiger partial charge in [-0.1, -0.05) is 12.1 Å². The predicted octanol–water partition coefficient (Wildman–Crippen LogP) is 1.90. The van der Waals surface area contributed by atoms with E-state index in [1.54, 1.807) is 0 Å². The van der Waals surface area contributed by atoms with Gasteiger partial charge >= 0.3 is 0 Å². The van der Waals surface area contributed by atoms with Crippen molar-refractivity contribution < 1.29 is 4.79 Å². The van der Waals surface area contributed by atoms with Crippen LogP contribution in [0.5, 0.6) is 0 Å². The Balaban J connectivity index is 2.50. The Morgan fingerprint density at radius 1 is 1.46 bits per heavy atom. The Bertz CT molecular complexity index is 357. The summed E-state index contributed by atoms with van der Waals surface area (Å²) in [5.41, 5.74) is 3.48. The highest BCUT2D eigenvalue weighted by Crippen LogP contribution is 2.29. The zero-order chi connectivity index (χ0) is 9.42. The Morgan fingerprint density at radius 2 is 2.23 bits per heavy atom. The molecule has 0 unspecified atom stereocenters. The van der Waals surface area contributed by atoms with Crippen LogP contribution < -0.4 is 4.90 Å². The van der Waals surface area contributed by atoms with Gasteiger partial charge in [0, 0.05) is 12.2 Å². The average Bonchev–Trinajstić information content (AvgIpc) is 2.40. The van der Waals surface area contributed by atoms with E-state index in [-0.39, 0.29) is 5.91 Å². The molecule has 2 nitrogen and oxygen atoms in total. The van der Waals surface area contributed by atoms with Gasteiger partial charge in [-0.15, -0.1) is 0 Å². The van der Waals surface area contributed by atoms with E-state index >= 15 is 0 Å². The van der Waals surface area contributed by atoms with Gasteiger partial charge in [0.1, 0.15) is 0 Å². The lowest BCUT2D eigenvalue weighted by atomic mass is 10.1. The van der Waals surface area contributed by atoms with Crippen molar-refractivity contribution >= 4 is 11.6 Å². The molecule has 2 heteroatoms. The first-order valence-electron chi connectivity index (χ1n) is 4.62. The van der Waals surface area contributed by atoms with Crippen LogP contribution in [0.15, 0.2) is 18.2 Å². The van der Waals surface area contributed by atoms with E-state index in [2.05, 4.69) is 25.1 Å². The van der Waals surface area contributed by atoms with Gasteiger partial charge in [0.25, 0.3) is 0 Å². The van der Waals surface area contributed by atoms with Crippen LogP contribution in [0, 0.1) is 6.92 Å². The number of nitrogens with zero attached hydrogens (tertiary/aromatic N) is 1. The third-order valence-electron chi connectivity index (χ3n) is 2.49. The maximum absolute atomic E-state index is 11.5. The second-order valence-electron chi connectivity index (χ2n) is 3.45. The van der Waals surface area contributed by atoms with Crippen LogP contribution in [0.4, 0.5) is 5.69 Å². The van der Waals surface area contributed by atoms with Crippen LogP contribution in [-0.2, 0) is 11.2 Å². The number of hydrogen-bond donors (Lipinski definition) is 0. The molecule has 0 aromatic heterocycles. The number of carbonyl (C=O) groups excluding carboxylic acids is 1. The van der Waals surface area contributed by atoms with Crippen LogP contribution in [0.1, 0.15) is 18.1 Å². The molecule has 0 bridgehead atoms. The summed E-state index contributed by atoms with van der Waals surface area (Å²) in [6.07, 6.45) is 0.573. The zero-order valence-corrected chi connectivity index (χ0v) is 8.00. The van der Waals surface area contributed by atoms with Gasteiger partial charge in [0.05, 0.1) is 6.42 Å². The van der Waals surface area contributed by atoms with Crippen LogP contribution in [0.3, 0.4) is 0 Å². The number of rotatable bonds is 1. The van der Waals surface area contributed by atoms with E-state index in [1.165, 1.54) is 5.56 Å². The standard InChI is InChI=1S/C11H13NO/c1-3-12-10-6-8(2)4-5-9(10)7-11(12)13/h4-6H,3,7H2,1-2H3. The molecule has 0 atom stereocenters. The summed E-state index contributed by atoms with van der Waals surface area (Å²) in [6.45, 7) is 4.83. The summed E-state index contributed by atoms with van der Waals surface area (Å²) in [5, 5.41) is 0. The Morgan fingerprint density at radius 3 is 2.92 bits per heavy atom. The molecule has 0 saturated heterocycles. The molecule has 1 amide bonds. The third kappa shape index (κ3) is 1.22.